The molecule has 2 saturated carbocycles. The molecule has 80 valence electrons. The lowest BCUT2D eigenvalue weighted by atomic mass is 9.87. The van der Waals surface area contributed by atoms with Crippen LogP contribution in [0.2, 0.25) is 0 Å². The van der Waals surface area contributed by atoms with Crippen molar-refractivity contribution in [1.29, 1.82) is 0 Å². The van der Waals surface area contributed by atoms with E-state index in [0.29, 0.717) is 23.7 Å². The summed E-state index contributed by atoms with van der Waals surface area (Å²) in [6.07, 6.45) is 6.39. The highest BCUT2D eigenvalue weighted by molar-refractivity contribution is 5.01. The van der Waals surface area contributed by atoms with Crippen LogP contribution >= 0.6 is 0 Å². The minimum atomic E-state index is 0.394. The van der Waals surface area contributed by atoms with Crippen LogP contribution in [0.1, 0.15) is 39.5 Å². The molecule has 0 radical (unpaired) electrons. The van der Waals surface area contributed by atoms with E-state index in [4.69, 9.17) is 4.74 Å². The normalized spacial score (nSPS) is 46.3. The molecule has 1 N–H and O–H groups in total. The fourth-order valence-electron chi connectivity index (χ4n) is 3.10. The van der Waals surface area contributed by atoms with Gasteiger partial charge in [0.15, 0.2) is 0 Å². The molecule has 0 aromatic heterocycles. The van der Waals surface area contributed by atoms with E-state index in [-0.39, 0.29) is 0 Å². The molecule has 14 heavy (non-hydrogen) atoms. The maximum Gasteiger partial charge on any atom is 0.0783 e. The van der Waals surface area contributed by atoms with Crippen molar-refractivity contribution >= 4 is 0 Å². The summed E-state index contributed by atoms with van der Waals surface area (Å²) in [4.78, 5) is 0. The zero-order valence-corrected chi connectivity index (χ0v) is 9.25. The third-order valence-electron chi connectivity index (χ3n) is 4.29. The Balaban J connectivity index is 1.72. The largest absolute Gasteiger partial charge is 0.371 e. The van der Waals surface area contributed by atoms with Gasteiger partial charge in [0, 0.05) is 12.6 Å². The molecule has 3 unspecified atom stereocenters. The fraction of sp³-hybridized carbons (Fsp3) is 1.00. The molecule has 3 aliphatic rings. The Morgan fingerprint density at radius 1 is 1.21 bits per heavy atom. The third-order valence-corrected chi connectivity index (χ3v) is 4.29. The third kappa shape index (κ3) is 1.40. The lowest BCUT2D eigenvalue weighted by Gasteiger charge is -2.39. The summed E-state index contributed by atoms with van der Waals surface area (Å²) < 4.78 is 6.29. The molecule has 3 atom stereocenters. The number of hydrogen-bond acceptors (Lipinski definition) is 2. The predicted molar refractivity (Wildman–Crippen MR) is 56.2 cm³/mol. The number of ether oxygens (including phenoxy) is 1. The first-order valence-electron chi connectivity index (χ1n) is 6.06. The van der Waals surface area contributed by atoms with Crippen molar-refractivity contribution in [2.45, 2.75) is 57.8 Å². The summed E-state index contributed by atoms with van der Waals surface area (Å²) in [6, 6.07) is 0.639. The number of rotatable bonds is 1. The number of fused-ring (bicyclic) bond motifs is 1. The minimum absolute atomic E-state index is 0.394. The Kier molecular flexibility index (Phi) is 1.94. The summed E-state index contributed by atoms with van der Waals surface area (Å²) in [5.41, 5.74) is 0.394. The van der Waals surface area contributed by atoms with Gasteiger partial charge in [-0.1, -0.05) is 13.8 Å². The molecule has 0 spiro atoms. The van der Waals surface area contributed by atoms with Gasteiger partial charge in [0.1, 0.15) is 0 Å². The van der Waals surface area contributed by atoms with Gasteiger partial charge in [-0.25, -0.2) is 0 Å². The molecule has 2 heteroatoms. The monoisotopic (exact) mass is 195 g/mol. The highest BCUT2D eigenvalue weighted by atomic mass is 16.5. The Morgan fingerprint density at radius 3 is 2.71 bits per heavy atom. The van der Waals surface area contributed by atoms with Crippen LogP contribution in [-0.4, -0.2) is 24.8 Å². The lowest BCUT2D eigenvalue weighted by Crippen LogP contribution is -2.53. The standard InChI is InChI=1S/C12H21NO/c1-12(2)6-5-9-11(12)14-10(7-13-9)8-3-4-8/h8-11,13H,3-7H2,1-2H3. The van der Waals surface area contributed by atoms with Crippen LogP contribution in [0.4, 0.5) is 0 Å². The van der Waals surface area contributed by atoms with Gasteiger partial charge in [0.25, 0.3) is 0 Å². The minimum Gasteiger partial charge on any atom is -0.371 e. The van der Waals surface area contributed by atoms with E-state index < -0.39 is 0 Å². The first kappa shape index (κ1) is 9.17. The smallest absolute Gasteiger partial charge is 0.0783 e. The van der Waals surface area contributed by atoms with Crippen molar-refractivity contribution < 1.29 is 4.74 Å². The Bertz CT molecular complexity index is 234. The van der Waals surface area contributed by atoms with Crippen molar-refractivity contribution in [1.82, 2.24) is 5.32 Å². The number of nitrogens with one attached hydrogen (secondary N) is 1. The van der Waals surface area contributed by atoms with Gasteiger partial charge in [-0.2, -0.15) is 0 Å². The Labute approximate surface area is 86.4 Å². The van der Waals surface area contributed by atoms with Crippen LogP contribution in [0.25, 0.3) is 0 Å². The second-order valence-electron chi connectivity index (χ2n) is 5.97. The molecule has 1 heterocycles. The van der Waals surface area contributed by atoms with Crippen molar-refractivity contribution in [3.63, 3.8) is 0 Å². The molecular weight excluding hydrogens is 174 g/mol. The molecule has 3 rings (SSSR count). The van der Waals surface area contributed by atoms with Crippen LogP contribution in [0.5, 0.6) is 0 Å². The number of hydrogen-bond donors (Lipinski definition) is 1. The maximum absolute atomic E-state index is 6.29. The highest BCUT2D eigenvalue weighted by Crippen LogP contribution is 2.45. The van der Waals surface area contributed by atoms with Crippen LogP contribution in [0.3, 0.4) is 0 Å². The van der Waals surface area contributed by atoms with Crippen LogP contribution in [-0.2, 0) is 4.74 Å². The number of morpholine rings is 1. The lowest BCUT2D eigenvalue weighted by molar-refractivity contribution is -0.100. The molecule has 3 fully saturated rings. The molecule has 0 aromatic carbocycles. The molecule has 0 amide bonds. The predicted octanol–water partition coefficient (Wildman–Crippen LogP) is 1.94. The summed E-state index contributed by atoms with van der Waals surface area (Å²) >= 11 is 0. The molecule has 2 aliphatic carbocycles. The van der Waals surface area contributed by atoms with Gasteiger partial charge < -0.3 is 10.1 Å². The van der Waals surface area contributed by atoms with E-state index in [2.05, 4.69) is 19.2 Å². The molecule has 1 saturated heterocycles. The maximum atomic E-state index is 6.29. The van der Waals surface area contributed by atoms with Gasteiger partial charge in [0.05, 0.1) is 12.2 Å². The Hall–Kier alpha value is -0.0800. The van der Waals surface area contributed by atoms with Crippen LogP contribution in [0, 0.1) is 11.3 Å². The molecule has 1 aliphatic heterocycles. The van der Waals surface area contributed by atoms with E-state index in [1.807, 2.05) is 0 Å². The van der Waals surface area contributed by atoms with Crippen molar-refractivity contribution in [3.05, 3.63) is 0 Å². The van der Waals surface area contributed by atoms with Crippen LogP contribution < -0.4 is 5.32 Å². The van der Waals surface area contributed by atoms with Gasteiger partial charge in [-0.05, 0) is 37.0 Å². The van der Waals surface area contributed by atoms with E-state index in [1.165, 1.54) is 25.7 Å². The topological polar surface area (TPSA) is 21.3 Å². The van der Waals surface area contributed by atoms with Crippen molar-refractivity contribution in [3.8, 4) is 0 Å². The average Bonchev–Trinajstić information content (AvgIpc) is 2.94. The average molecular weight is 195 g/mol. The van der Waals surface area contributed by atoms with Gasteiger partial charge in [-0.15, -0.1) is 0 Å². The van der Waals surface area contributed by atoms with Gasteiger partial charge in [-0.3, -0.25) is 0 Å². The second-order valence-corrected chi connectivity index (χ2v) is 5.97. The molecule has 0 bridgehead atoms. The zero-order valence-electron chi connectivity index (χ0n) is 9.25. The van der Waals surface area contributed by atoms with Crippen molar-refractivity contribution in [2.75, 3.05) is 6.54 Å². The van der Waals surface area contributed by atoms with Crippen molar-refractivity contribution in [2.24, 2.45) is 11.3 Å². The second kappa shape index (κ2) is 2.96. The first-order valence-corrected chi connectivity index (χ1v) is 6.06. The molecule has 2 nitrogen and oxygen atoms in total. The summed E-state index contributed by atoms with van der Waals surface area (Å²) in [7, 11) is 0. The molecule has 0 aromatic rings. The first-order chi connectivity index (χ1) is 6.67. The highest BCUT2D eigenvalue weighted by Gasteiger charge is 2.48. The van der Waals surface area contributed by atoms with E-state index in [1.54, 1.807) is 0 Å². The Morgan fingerprint density at radius 2 is 2.00 bits per heavy atom. The van der Waals surface area contributed by atoms with Gasteiger partial charge >= 0.3 is 0 Å². The zero-order chi connectivity index (χ0) is 9.76. The van der Waals surface area contributed by atoms with E-state index in [9.17, 15) is 0 Å². The summed E-state index contributed by atoms with van der Waals surface area (Å²) in [5.74, 6) is 0.875. The fourth-order valence-corrected chi connectivity index (χ4v) is 3.10. The summed E-state index contributed by atoms with van der Waals surface area (Å²) in [5, 5.41) is 3.68. The SMILES string of the molecule is CC1(C)CCC2NCC(C3CC3)OC21. The van der Waals surface area contributed by atoms with E-state index >= 15 is 0 Å². The summed E-state index contributed by atoms with van der Waals surface area (Å²) in [6.45, 7) is 5.81. The van der Waals surface area contributed by atoms with E-state index in [0.717, 1.165) is 12.5 Å². The molecular formula is C12H21NO. The quantitative estimate of drug-likeness (QED) is 0.690. The van der Waals surface area contributed by atoms with Gasteiger partial charge in [0.2, 0.25) is 0 Å². The van der Waals surface area contributed by atoms with Crippen LogP contribution in [0.15, 0.2) is 0 Å².